The third-order valence-electron chi connectivity index (χ3n) is 3.67. The largest absolute Gasteiger partial charge is 0.371 e. The van der Waals surface area contributed by atoms with Gasteiger partial charge in [-0.3, -0.25) is 0 Å². The first-order chi connectivity index (χ1) is 12.5. The Kier molecular flexibility index (Phi) is 7.53. The number of ether oxygens (including phenoxy) is 1. The summed E-state index contributed by atoms with van der Waals surface area (Å²) in [6.45, 7) is 9.47. The van der Waals surface area contributed by atoms with Crippen LogP contribution in [0.15, 0.2) is 27.7 Å². The van der Waals surface area contributed by atoms with Gasteiger partial charge in [0.25, 0.3) is 0 Å². The molecule has 0 saturated carbocycles. The van der Waals surface area contributed by atoms with Gasteiger partial charge in [-0.25, -0.2) is 9.38 Å². The van der Waals surface area contributed by atoms with Crippen LogP contribution in [0.5, 0.6) is 0 Å². The normalized spacial score (nSPS) is 12.9. The minimum atomic E-state index is -0.225. The number of nitrogens with zero attached hydrogens (tertiary/aromatic N) is 3. The van der Waals surface area contributed by atoms with Gasteiger partial charge in [0.1, 0.15) is 11.9 Å². The number of benzene rings is 1. The Morgan fingerprint density at radius 1 is 1.35 bits per heavy atom. The van der Waals surface area contributed by atoms with E-state index >= 15 is 0 Å². The lowest BCUT2D eigenvalue weighted by Crippen LogP contribution is -2.36. The van der Waals surface area contributed by atoms with Gasteiger partial charge in [-0.05, 0) is 44.9 Å². The van der Waals surface area contributed by atoms with Gasteiger partial charge in [0.05, 0.1) is 13.1 Å². The molecular weight excluding hydrogens is 337 g/mol. The van der Waals surface area contributed by atoms with Crippen LogP contribution in [0, 0.1) is 12.7 Å². The Morgan fingerprint density at radius 2 is 2.15 bits per heavy atom. The van der Waals surface area contributed by atoms with Crippen LogP contribution in [0.3, 0.4) is 0 Å². The molecule has 8 heteroatoms. The van der Waals surface area contributed by atoms with E-state index in [4.69, 9.17) is 9.26 Å². The summed E-state index contributed by atoms with van der Waals surface area (Å²) in [5.41, 5.74) is 1.42. The Labute approximate surface area is 153 Å². The number of hydrogen-bond acceptors (Lipinski definition) is 5. The SMILES string of the molecule is CCNC(=NCc1ccc(C)c(F)c1)NCc1nc(C(C)OCC)no1. The predicted octanol–water partition coefficient (Wildman–Crippen LogP) is 2.87. The molecule has 7 nitrogen and oxygen atoms in total. The van der Waals surface area contributed by atoms with Crippen molar-refractivity contribution in [3.63, 3.8) is 0 Å². The van der Waals surface area contributed by atoms with Crippen molar-refractivity contribution < 1.29 is 13.7 Å². The summed E-state index contributed by atoms with van der Waals surface area (Å²) in [6.07, 6.45) is -0.212. The lowest BCUT2D eigenvalue weighted by molar-refractivity contribution is 0.0683. The second kappa shape index (κ2) is 9.86. The predicted molar refractivity (Wildman–Crippen MR) is 97.1 cm³/mol. The molecule has 1 heterocycles. The summed E-state index contributed by atoms with van der Waals surface area (Å²) in [7, 11) is 0. The average Bonchev–Trinajstić information content (AvgIpc) is 3.09. The van der Waals surface area contributed by atoms with E-state index in [2.05, 4.69) is 25.8 Å². The highest BCUT2D eigenvalue weighted by molar-refractivity contribution is 5.79. The molecule has 0 saturated heterocycles. The number of aryl methyl sites for hydroxylation is 1. The maximum atomic E-state index is 13.6. The van der Waals surface area contributed by atoms with Crippen LogP contribution in [0.2, 0.25) is 0 Å². The van der Waals surface area contributed by atoms with E-state index in [0.29, 0.717) is 49.5 Å². The monoisotopic (exact) mass is 363 g/mol. The number of rotatable bonds is 8. The van der Waals surface area contributed by atoms with Gasteiger partial charge in [-0.1, -0.05) is 17.3 Å². The zero-order valence-electron chi connectivity index (χ0n) is 15.7. The molecule has 0 aliphatic rings. The first kappa shape index (κ1) is 19.8. The highest BCUT2D eigenvalue weighted by atomic mass is 19.1. The van der Waals surface area contributed by atoms with Crippen molar-refractivity contribution in [2.45, 2.75) is 46.9 Å². The van der Waals surface area contributed by atoms with Crippen molar-refractivity contribution in [3.8, 4) is 0 Å². The summed E-state index contributed by atoms with van der Waals surface area (Å²) in [5, 5.41) is 10.2. The molecule has 1 atom stereocenters. The number of aliphatic imine (C=N–C) groups is 1. The second-order valence-corrected chi connectivity index (χ2v) is 5.78. The third-order valence-corrected chi connectivity index (χ3v) is 3.67. The maximum absolute atomic E-state index is 13.6. The van der Waals surface area contributed by atoms with E-state index in [0.717, 1.165) is 5.56 Å². The zero-order valence-corrected chi connectivity index (χ0v) is 15.7. The maximum Gasteiger partial charge on any atom is 0.246 e. The fourth-order valence-electron chi connectivity index (χ4n) is 2.24. The standard InChI is InChI=1S/C18H26FN5O2/c1-5-20-18(21-10-14-8-7-12(3)15(19)9-14)22-11-16-23-17(24-26-16)13(4)25-6-2/h7-9,13H,5-6,10-11H2,1-4H3,(H2,20,21,22). The molecule has 1 aromatic heterocycles. The molecular formula is C18H26FN5O2. The van der Waals surface area contributed by atoms with Crippen LogP contribution < -0.4 is 10.6 Å². The van der Waals surface area contributed by atoms with Gasteiger partial charge in [-0.15, -0.1) is 0 Å². The van der Waals surface area contributed by atoms with Crippen molar-refractivity contribution in [1.82, 2.24) is 20.8 Å². The second-order valence-electron chi connectivity index (χ2n) is 5.78. The molecule has 0 spiro atoms. The van der Waals surface area contributed by atoms with Crippen LogP contribution in [-0.2, 0) is 17.8 Å². The van der Waals surface area contributed by atoms with Crippen molar-refractivity contribution in [3.05, 3.63) is 46.9 Å². The Hall–Kier alpha value is -2.48. The third kappa shape index (κ3) is 5.80. The molecule has 2 rings (SSSR count). The number of guanidine groups is 1. The van der Waals surface area contributed by atoms with Gasteiger partial charge in [0.2, 0.25) is 5.89 Å². The van der Waals surface area contributed by atoms with E-state index in [-0.39, 0.29) is 11.9 Å². The Bertz CT molecular complexity index is 732. The fraction of sp³-hybridized carbons (Fsp3) is 0.500. The summed E-state index contributed by atoms with van der Waals surface area (Å²) < 4.78 is 24.3. The number of halogens is 1. The van der Waals surface area contributed by atoms with Crippen molar-refractivity contribution >= 4 is 5.96 Å². The Balaban J connectivity index is 1.95. The molecule has 142 valence electrons. The smallest absolute Gasteiger partial charge is 0.246 e. The lowest BCUT2D eigenvalue weighted by atomic mass is 10.1. The summed E-state index contributed by atoms with van der Waals surface area (Å²) in [6, 6.07) is 5.12. The van der Waals surface area contributed by atoms with Gasteiger partial charge in [-0.2, -0.15) is 4.98 Å². The van der Waals surface area contributed by atoms with Crippen LogP contribution >= 0.6 is 0 Å². The highest BCUT2D eigenvalue weighted by Crippen LogP contribution is 2.12. The van der Waals surface area contributed by atoms with Crippen LogP contribution in [0.25, 0.3) is 0 Å². The van der Waals surface area contributed by atoms with Crippen LogP contribution in [-0.4, -0.2) is 29.3 Å². The van der Waals surface area contributed by atoms with E-state index in [1.165, 1.54) is 6.07 Å². The van der Waals surface area contributed by atoms with E-state index in [9.17, 15) is 4.39 Å². The zero-order chi connectivity index (χ0) is 18.9. The van der Waals surface area contributed by atoms with Gasteiger partial charge >= 0.3 is 0 Å². The van der Waals surface area contributed by atoms with E-state index < -0.39 is 0 Å². The summed E-state index contributed by atoms with van der Waals surface area (Å²) in [4.78, 5) is 8.76. The molecule has 0 radical (unpaired) electrons. The van der Waals surface area contributed by atoms with E-state index in [1.807, 2.05) is 26.8 Å². The minimum Gasteiger partial charge on any atom is -0.371 e. The number of hydrogen-bond donors (Lipinski definition) is 2. The molecule has 26 heavy (non-hydrogen) atoms. The molecule has 1 unspecified atom stereocenters. The molecule has 0 bridgehead atoms. The van der Waals surface area contributed by atoms with Gasteiger partial charge < -0.3 is 19.9 Å². The lowest BCUT2D eigenvalue weighted by Gasteiger charge is -2.09. The quantitative estimate of drug-likeness (QED) is 0.554. The molecule has 2 N–H and O–H groups in total. The average molecular weight is 363 g/mol. The molecule has 0 aliphatic heterocycles. The Morgan fingerprint density at radius 3 is 2.85 bits per heavy atom. The first-order valence-corrected chi connectivity index (χ1v) is 8.74. The topological polar surface area (TPSA) is 84.6 Å². The highest BCUT2D eigenvalue weighted by Gasteiger charge is 2.13. The van der Waals surface area contributed by atoms with E-state index in [1.54, 1.807) is 13.0 Å². The first-order valence-electron chi connectivity index (χ1n) is 8.74. The van der Waals surface area contributed by atoms with Crippen molar-refractivity contribution in [1.29, 1.82) is 0 Å². The summed E-state index contributed by atoms with van der Waals surface area (Å²) in [5.74, 6) is 1.32. The number of nitrogens with one attached hydrogen (secondary N) is 2. The van der Waals surface area contributed by atoms with Crippen LogP contribution in [0.4, 0.5) is 4.39 Å². The summed E-state index contributed by atoms with van der Waals surface area (Å²) >= 11 is 0. The minimum absolute atomic E-state index is 0.212. The molecule has 0 amide bonds. The molecule has 0 aliphatic carbocycles. The van der Waals surface area contributed by atoms with Crippen molar-refractivity contribution in [2.75, 3.05) is 13.2 Å². The molecule has 0 fully saturated rings. The van der Waals surface area contributed by atoms with Gasteiger partial charge in [0.15, 0.2) is 11.8 Å². The molecule has 1 aromatic carbocycles. The van der Waals surface area contributed by atoms with Gasteiger partial charge in [0, 0.05) is 13.2 Å². The molecule has 2 aromatic rings. The fourth-order valence-corrected chi connectivity index (χ4v) is 2.24. The number of aromatic nitrogens is 2. The van der Waals surface area contributed by atoms with Crippen molar-refractivity contribution in [2.24, 2.45) is 4.99 Å². The van der Waals surface area contributed by atoms with Crippen LogP contribution in [0.1, 0.15) is 49.7 Å².